The number of hydrogen-bond acceptors (Lipinski definition) is 14. The Kier molecular flexibility index (Phi) is 16.2. The Labute approximate surface area is 429 Å². The predicted octanol–water partition coefficient (Wildman–Crippen LogP) is 7.92. The maximum Gasteiger partial charge on any atom is 0.697 e. The van der Waals surface area contributed by atoms with Crippen molar-refractivity contribution in [3.63, 3.8) is 0 Å². The lowest BCUT2D eigenvalue weighted by molar-refractivity contribution is -0.0927. The van der Waals surface area contributed by atoms with E-state index in [1.165, 1.54) is 36.0 Å². The largest absolute Gasteiger partial charge is 0.697 e. The Morgan fingerprint density at radius 2 is 1.22 bits per heavy atom. The molecule has 2 aromatic heterocycles. The number of H-pyrrole nitrogens is 1. The van der Waals surface area contributed by atoms with E-state index in [1.54, 1.807) is 39.3 Å². The zero-order chi connectivity index (χ0) is 53.1. The first kappa shape index (κ1) is 53.9. The molecule has 4 aromatic carbocycles. The van der Waals surface area contributed by atoms with Crippen LogP contribution in [0.1, 0.15) is 84.2 Å². The summed E-state index contributed by atoms with van der Waals surface area (Å²) >= 11 is 0. The fourth-order valence-corrected chi connectivity index (χ4v) is 11.1. The summed E-state index contributed by atoms with van der Waals surface area (Å²) in [5, 5.41) is -0.201. The van der Waals surface area contributed by atoms with Crippen LogP contribution < -0.4 is 32.0 Å². The molecule has 18 nitrogen and oxygen atoms in total. The van der Waals surface area contributed by atoms with Crippen LogP contribution in [0.2, 0.25) is 18.1 Å². The van der Waals surface area contributed by atoms with E-state index in [1.807, 2.05) is 78.9 Å². The number of aromatic nitrogens is 4. The fourth-order valence-electron chi connectivity index (χ4n) is 8.98. The van der Waals surface area contributed by atoms with Gasteiger partial charge in [0.05, 0.1) is 26.9 Å². The van der Waals surface area contributed by atoms with Gasteiger partial charge in [-0.05, 0) is 85.1 Å². The molecule has 1 unspecified atom stereocenters. The minimum atomic E-state index is -2.98. The molecule has 7 atom stereocenters. The highest BCUT2D eigenvalue weighted by Crippen LogP contribution is 2.45. The summed E-state index contributed by atoms with van der Waals surface area (Å²) in [5.41, 5.74) is -1.50. The second-order valence-electron chi connectivity index (χ2n) is 19.9. The molecular weight excluding hydrogens is 988 g/mol. The molecule has 0 aliphatic carbocycles. The summed E-state index contributed by atoms with van der Waals surface area (Å²) in [6, 6.07) is 32.5. The normalized spacial score (nSPS) is 20.4. The lowest BCUT2D eigenvalue weighted by atomic mass is 9.80. The number of aryl methyl sites for hydroxylation is 2. The van der Waals surface area contributed by atoms with Crippen molar-refractivity contribution in [2.24, 2.45) is 0 Å². The van der Waals surface area contributed by atoms with Gasteiger partial charge in [-0.15, -0.1) is 9.05 Å². The molecule has 0 radical (unpaired) electrons. The molecule has 8 rings (SSSR count). The minimum absolute atomic E-state index is 0.0924. The van der Waals surface area contributed by atoms with E-state index in [2.05, 4.69) is 38.8 Å². The van der Waals surface area contributed by atoms with Crippen LogP contribution in [-0.4, -0.2) is 84.8 Å². The average Bonchev–Trinajstić information content (AvgIpc) is 3.98. The molecule has 74 heavy (non-hydrogen) atoms. The van der Waals surface area contributed by atoms with Crippen molar-refractivity contribution in [2.45, 2.75) is 108 Å². The van der Waals surface area contributed by atoms with Crippen molar-refractivity contribution in [1.82, 2.24) is 18.7 Å². The summed E-state index contributed by atoms with van der Waals surface area (Å²) in [6.45, 7) is 13.0. The minimum Gasteiger partial charge on any atom is -0.497 e. The van der Waals surface area contributed by atoms with E-state index in [0.29, 0.717) is 21.6 Å². The van der Waals surface area contributed by atoms with Gasteiger partial charge in [-0.25, -0.2) is 9.59 Å². The molecule has 4 heterocycles. The molecule has 0 saturated carbocycles. The molecule has 390 valence electrons. The molecule has 20 heteroatoms. The SMILES string of the molecule is COc1ccc(C(OC[C@H]2O[C@@H](n3cc(C)c(=O)n(C(=O)c4ccccc4)c3=O)C[C@@H]2O[P+](=O)OC[C@H]2O[C@@H](n3cc(C)c(=O)[nH]c3=O)C[C@@H]2O[Si](C)(C)C(C)(C)C)(c2ccccc2)c2ccc(OC)cc2)cc1. The Balaban J connectivity index is 1.14. The lowest BCUT2D eigenvalue weighted by Gasteiger charge is -2.39. The molecular formula is C54H62N4O14PSi+. The maximum absolute atomic E-state index is 14.4. The number of nitrogens with one attached hydrogen (secondary N) is 1. The van der Waals surface area contributed by atoms with E-state index in [0.717, 1.165) is 21.3 Å². The Morgan fingerprint density at radius 1 is 0.703 bits per heavy atom. The second kappa shape index (κ2) is 22.2. The fraction of sp³-hybridized carbons (Fsp3) is 0.389. The Hall–Kier alpha value is -6.41. The lowest BCUT2D eigenvalue weighted by Crippen LogP contribution is -2.46. The molecule has 0 spiro atoms. The van der Waals surface area contributed by atoms with Gasteiger partial charge in [0.1, 0.15) is 54.5 Å². The van der Waals surface area contributed by atoms with Gasteiger partial charge in [-0.2, -0.15) is 4.57 Å². The van der Waals surface area contributed by atoms with Crippen LogP contribution in [-0.2, 0) is 37.9 Å². The van der Waals surface area contributed by atoms with Gasteiger partial charge in [-0.3, -0.25) is 28.5 Å². The van der Waals surface area contributed by atoms with Crippen LogP contribution >= 0.6 is 8.25 Å². The van der Waals surface area contributed by atoms with Gasteiger partial charge >= 0.3 is 19.6 Å². The van der Waals surface area contributed by atoms with Gasteiger partial charge < -0.3 is 28.1 Å². The van der Waals surface area contributed by atoms with Crippen LogP contribution in [0.15, 0.2) is 141 Å². The average molecular weight is 1050 g/mol. The highest BCUT2D eigenvalue weighted by molar-refractivity contribution is 7.33. The zero-order valence-electron chi connectivity index (χ0n) is 42.8. The summed E-state index contributed by atoms with van der Waals surface area (Å²) in [5.74, 6) is 0.420. The number of aromatic amines is 1. The van der Waals surface area contributed by atoms with Crippen LogP contribution in [0.5, 0.6) is 11.5 Å². The van der Waals surface area contributed by atoms with Gasteiger partial charge in [0.25, 0.3) is 17.0 Å². The number of methoxy groups -OCH3 is 2. The quantitative estimate of drug-likeness (QED) is 0.0493. The molecule has 1 N–H and O–H groups in total. The first-order chi connectivity index (χ1) is 35.2. The van der Waals surface area contributed by atoms with Gasteiger partial charge in [0, 0.05) is 46.5 Å². The molecule has 2 aliphatic heterocycles. The third-order valence-corrected chi connectivity index (χ3v) is 19.4. The molecule has 0 amide bonds. The number of rotatable bonds is 18. The smallest absolute Gasteiger partial charge is 0.497 e. The molecule has 6 aromatic rings. The van der Waals surface area contributed by atoms with E-state index >= 15 is 0 Å². The predicted molar refractivity (Wildman–Crippen MR) is 278 cm³/mol. The summed E-state index contributed by atoms with van der Waals surface area (Å²) in [4.78, 5) is 69.4. The van der Waals surface area contributed by atoms with Crippen molar-refractivity contribution in [1.29, 1.82) is 0 Å². The van der Waals surface area contributed by atoms with Crippen LogP contribution in [0.4, 0.5) is 0 Å². The van der Waals surface area contributed by atoms with Crippen LogP contribution in [0, 0.1) is 13.8 Å². The third kappa shape index (κ3) is 11.2. The van der Waals surface area contributed by atoms with E-state index in [-0.39, 0.29) is 42.2 Å². The van der Waals surface area contributed by atoms with Gasteiger partial charge in [-0.1, -0.05) is 93.6 Å². The topological polar surface area (TPSA) is 207 Å². The van der Waals surface area contributed by atoms with Gasteiger partial charge in [0.15, 0.2) is 8.32 Å². The second-order valence-corrected chi connectivity index (χ2v) is 25.6. The van der Waals surface area contributed by atoms with E-state index in [9.17, 15) is 28.5 Å². The first-order valence-electron chi connectivity index (χ1n) is 24.3. The maximum atomic E-state index is 14.4. The summed E-state index contributed by atoms with van der Waals surface area (Å²) in [7, 11) is -2.28. The Bertz CT molecular complexity index is 3160. The molecule has 0 bridgehead atoms. The third-order valence-electron chi connectivity index (χ3n) is 14.1. The van der Waals surface area contributed by atoms with Crippen molar-refractivity contribution < 1.29 is 46.5 Å². The number of ether oxygens (including phenoxy) is 5. The number of carbonyl (C=O) groups is 1. The zero-order valence-corrected chi connectivity index (χ0v) is 44.7. The number of benzene rings is 4. The van der Waals surface area contributed by atoms with Crippen molar-refractivity contribution in [3.05, 3.63) is 197 Å². The highest BCUT2D eigenvalue weighted by Gasteiger charge is 2.49. The number of nitrogens with zero attached hydrogens (tertiary/aromatic N) is 3. The number of carbonyl (C=O) groups excluding carboxylic acids is 1. The number of hydrogen-bond donors (Lipinski definition) is 1. The van der Waals surface area contributed by atoms with E-state index in [4.69, 9.17) is 37.2 Å². The van der Waals surface area contributed by atoms with Crippen molar-refractivity contribution in [3.8, 4) is 11.5 Å². The Morgan fingerprint density at radius 3 is 1.78 bits per heavy atom. The molecule has 2 aliphatic rings. The molecule has 2 saturated heterocycles. The standard InChI is InChI=1S/C54H61N4O14PSi/c1-34-30-56(51(62)55-48(34)59)46-29-43(72-74(8,9)53(3,4)5)45(70-46)33-68-73(64)71-42-28-47(57-31-35(2)49(60)58(52(57)63)50(61)36-16-12-10-13-17-36)69-44(42)32-67-54(37-18-14-11-15-19-37,38-20-24-40(65-6)25-21-38)39-22-26-41(66-7)27-23-39/h10-27,30-31,42-47H,28-29,32-33H2,1-9H3/p+1/t42-,43-,44+,45+,46+,47+/m0/s1. The van der Waals surface area contributed by atoms with Crippen LogP contribution in [0.3, 0.4) is 0 Å². The summed E-state index contributed by atoms with van der Waals surface area (Å²) in [6.07, 6.45) is -2.68. The first-order valence-corrected chi connectivity index (χ1v) is 28.3. The van der Waals surface area contributed by atoms with E-state index < -0.39 is 87.5 Å². The monoisotopic (exact) mass is 1050 g/mol. The van der Waals surface area contributed by atoms with Gasteiger partial charge in [0.2, 0.25) is 0 Å². The summed E-state index contributed by atoms with van der Waals surface area (Å²) < 4.78 is 67.8. The highest BCUT2D eigenvalue weighted by atomic mass is 31.1. The van der Waals surface area contributed by atoms with Crippen LogP contribution in [0.25, 0.3) is 0 Å². The van der Waals surface area contributed by atoms with Crippen molar-refractivity contribution in [2.75, 3.05) is 27.4 Å². The van der Waals surface area contributed by atoms with Crippen molar-refractivity contribution >= 4 is 22.5 Å². The molecule has 2 fully saturated rings.